The van der Waals surface area contributed by atoms with Gasteiger partial charge in [-0.3, -0.25) is 0 Å². The van der Waals surface area contributed by atoms with Crippen molar-refractivity contribution in [2.45, 2.75) is 46.6 Å². The molecule has 2 unspecified atom stereocenters. The van der Waals surface area contributed by atoms with E-state index in [2.05, 4.69) is 39.9 Å². The van der Waals surface area contributed by atoms with Crippen LogP contribution in [0.2, 0.25) is 0 Å². The van der Waals surface area contributed by atoms with Crippen LogP contribution in [0.15, 0.2) is 0 Å². The fourth-order valence-electron chi connectivity index (χ4n) is 1.76. The summed E-state index contributed by atoms with van der Waals surface area (Å²) in [7, 11) is 0. The predicted octanol–water partition coefficient (Wildman–Crippen LogP) is 2.44. The molecule has 2 nitrogen and oxygen atoms in total. The number of rotatable bonds is 5. The van der Waals surface area contributed by atoms with Crippen LogP contribution in [0, 0.1) is 11.3 Å². The Morgan fingerprint density at radius 1 is 1.43 bits per heavy atom. The van der Waals surface area contributed by atoms with Gasteiger partial charge in [-0.05, 0) is 52.0 Å². The molecule has 0 heterocycles. The largest absolute Gasteiger partial charge is 0.381 e. The van der Waals surface area contributed by atoms with Gasteiger partial charge in [-0.15, -0.1) is 0 Å². The standard InChI is InChI=1S/C12H25NO/c1-6-14-9-12(5)7-10(12)8-13-11(2,3)4/h10,13H,6-9H2,1-5H3. The molecule has 0 radical (unpaired) electrons. The highest BCUT2D eigenvalue weighted by Gasteiger charge is 2.49. The Hall–Kier alpha value is -0.0800. The van der Waals surface area contributed by atoms with Crippen LogP contribution >= 0.6 is 0 Å². The third kappa shape index (κ3) is 3.58. The Morgan fingerprint density at radius 2 is 2.07 bits per heavy atom. The molecule has 14 heavy (non-hydrogen) atoms. The molecule has 0 spiro atoms. The van der Waals surface area contributed by atoms with E-state index < -0.39 is 0 Å². The zero-order valence-corrected chi connectivity index (χ0v) is 10.3. The lowest BCUT2D eigenvalue weighted by atomic mass is 10.1. The van der Waals surface area contributed by atoms with E-state index in [4.69, 9.17) is 4.74 Å². The normalized spacial score (nSPS) is 31.9. The molecule has 0 aliphatic heterocycles. The number of ether oxygens (including phenoxy) is 1. The molecule has 0 aromatic heterocycles. The molecule has 0 amide bonds. The number of hydrogen-bond acceptors (Lipinski definition) is 2. The maximum Gasteiger partial charge on any atom is 0.0522 e. The second-order valence-corrected chi connectivity index (χ2v) is 5.82. The van der Waals surface area contributed by atoms with Crippen LogP contribution in [0.5, 0.6) is 0 Å². The first-order valence-electron chi connectivity index (χ1n) is 5.70. The molecule has 1 aliphatic rings. The lowest BCUT2D eigenvalue weighted by Crippen LogP contribution is -2.37. The van der Waals surface area contributed by atoms with Crippen LogP contribution in [0.1, 0.15) is 41.0 Å². The second-order valence-electron chi connectivity index (χ2n) is 5.82. The molecule has 1 N–H and O–H groups in total. The van der Waals surface area contributed by atoms with Gasteiger partial charge in [-0.2, -0.15) is 0 Å². The molecule has 1 aliphatic carbocycles. The summed E-state index contributed by atoms with van der Waals surface area (Å²) in [6.45, 7) is 14.0. The second kappa shape index (κ2) is 4.19. The summed E-state index contributed by atoms with van der Waals surface area (Å²) in [6.07, 6.45) is 1.32. The minimum atomic E-state index is 0.245. The van der Waals surface area contributed by atoms with Gasteiger partial charge in [0.05, 0.1) is 6.61 Å². The van der Waals surface area contributed by atoms with Gasteiger partial charge in [-0.25, -0.2) is 0 Å². The van der Waals surface area contributed by atoms with Gasteiger partial charge < -0.3 is 10.1 Å². The fraction of sp³-hybridized carbons (Fsp3) is 1.00. The van der Waals surface area contributed by atoms with E-state index in [0.717, 1.165) is 25.7 Å². The lowest BCUT2D eigenvalue weighted by molar-refractivity contribution is 0.100. The molecular weight excluding hydrogens is 174 g/mol. The van der Waals surface area contributed by atoms with Crippen molar-refractivity contribution in [3.05, 3.63) is 0 Å². The van der Waals surface area contributed by atoms with E-state index in [-0.39, 0.29) is 5.54 Å². The van der Waals surface area contributed by atoms with Gasteiger partial charge in [-0.1, -0.05) is 6.92 Å². The van der Waals surface area contributed by atoms with Crippen LogP contribution in [0.25, 0.3) is 0 Å². The molecular formula is C12H25NO. The molecule has 84 valence electrons. The van der Waals surface area contributed by atoms with Crippen molar-refractivity contribution >= 4 is 0 Å². The Labute approximate surface area is 88.4 Å². The first-order valence-corrected chi connectivity index (χ1v) is 5.70. The predicted molar refractivity (Wildman–Crippen MR) is 60.5 cm³/mol. The van der Waals surface area contributed by atoms with E-state index in [1.54, 1.807) is 0 Å². The van der Waals surface area contributed by atoms with E-state index in [1.807, 2.05) is 0 Å². The van der Waals surface area contributed by atoms with Crippen molar-refractivity contribution < 1.29 is 4.74 Å². The maximum absolute atomic E-state index is 5.49. The van der Waals surface area contributed by atoms with Crippen LogP contribution in [-0.2, 0) is 4.74 Å². The minimum absolute atomic E-state index is 0.245. The van der Waals surface area contributed by atoms with Gasteiger partial charge >= 0.3 is 0 Å². The van der Waals surface area contributed by atoms with Crippen molar-refractivity contribution in [2.75, 3.05) is 19.8 Å². The Kier molecular flexibility index (Phi) is 3.59. The molecule has 0 aromatic rings. The molecule has 0 aromatic carbocycles. The van der Waals surface area contributed by atoms with E-state index >= 15 is 0 Å². The van der Waals surface area contributed by atoms with E-state index in [0.29, 0.717) is 5.41 Å². The quantitative estimate of drug-likeness (QED) is 0.734. The summed E-state index contributed by atoms with van der Waals surface area (Å²) in [5, 5.41) is 3.56. The third-order valence-electron chi connectivity index (χ3n) is 3.05. The highest BCUT2D eigenvalue weighted by molar-refractivity contribution is 5.00. The molecule has 1 rings (SSSR count). The Bertz CT molecular complexity index is 185. The summed E-state index contributed by atoms with van der Waals surface area (Å²) in [6, 6.07) is 0. The van der Waals surface area contributed by atoms with Gasteiger partial charge in [0.2, 0.25) is 0 Å². The van der Waals surface area contributed by atoms with Crippen molar-refractivity contribution in [1.29, 1.82) is 0 Å². The first kappa shape index (κ1) is 12.0. The summed E-state index contributed by atoms with van der Waals surface area (Å²) in [4.78, 5) is 0. The van der Waals surface area contributed by atoms with Gasteiger partial charge in [0.25, 0.3) is 0 Å². The smallest absolute Gasteiger partial charge is 0.0522 e. The maximum atomic E-state index is 5.49. The summed E-state index contributed by atoms with van der Waals surface area (Å²) in [5.74, 6) is 0.813. The fourth-order valence-corrected chi connectivity index (χ4v) is 1.76. The number of hydrogen-bond donors (Lipinski definition) is 1. The summed E-state index contributed by atoms with van der Waals surface area (Å²) in [5.41, 5.74) is 0.698. The molecule has 0 saturated heterocycles. The van der Waals surface area contributed by atoms with Gasteiger partial charge in [0, 0.05) is 12.1 Å². The van der Waals surface area contributed by atoms with Crippen LogP contribution in [-0.4, -0.2) is 25.3 Å². The topological polar surface area (TPSA) is 21.3 Å². The third-order valence-corrected chi connectivity index (χ3v) is 3.05. The number of nitrogens with one attached hydrogen (secondary N) is 1. The zero-order chi connectivity index (χ0) is 10.8. The zero-order valence-electron chi connectivity index (χ0n) is 10.3. The minimum Gasteiger partial charge on any atom is -0.381 e. The molecule has 1 saturated carbocycles. The van der Waals surface area contributed by atoms with Crippen molar-refractivity contribution in [3.8, 4) is 0 Å². The molecule has 2 heteroatoms. The van der Waals surface area contributed by atoms with E-state index in [1.165, 1.54) is 6.42 Å². The van der Waals surface area contributed by atoms with Crippen LogP contribution in [0.3, 0.4) is 0 Å². The molecule has 0 bridgehead atoms. The van der Waals surface area contributed by atoms with E-state index in [9.17, 15) is 0 Å². The lowest BCUT2D eigenvalue weighted by Gasteiger charge is -2.21. The van der Waals surface area contributed by atoms with Crippen LogP contribution < -0.4 is 5.32 Å². The Morgan fingerprint density at radius 3 is 2.57 bits per heavy atom. The van der Waals surface area contributed by atoms with Gasteiger partial charge in [0.1, 0.15) is 0 Å². The Balaban J connectivity index is 2.18. The van der Waals surface area contributed by atoms with Crippen LogP contribution in [0.4, 0.5) is 0 Å². The monoisotopic (exact) mass is 199 g/mol. The van der Waals surface area contributed by atoms with Crippen molar-refractivity contribution in [3.63, 3.8) is 0 Å². The van der Waals surface area contributed by atoms with Crippen molar-refractivity contribution in [2.24, 2.45) is 11.3 Å². The first-order chi connectivity index (χ1) is 6.37. The average molecular weight is 199 g/mol. The average Bonchev–Trinajstić information content (AvgIpc) is 2.70. The molecule has 1 fully saturated rings. The summed E-state index contributed by atoms with van der Waals surface area (Å²) < 4.78 is 5.49. The van der Waals surface area contributed by atoms with Gasteiger partial charge in [0.15, 0.2) is 0 Å². The highest BCUT2D eigenvalue weighted by Crippen LogP contribution is 2.51. The van der Waals surface area contributed by atoms with Crippen molar-refractivity contribution in [1.82, 2.24) is 5.32 Å². The highest BCUT2D eigenvalue weighted by atomic mass is 16.5. The molecule has 2 atom stereocenters. The summed E-state index contributed by atoms with van der Waals surface area (Å²) >= 11 is 0. The SMILES string of the molecule is CCOCC1(C)CC1CNC(C)(C)C.